The van der Waals surface area contributed by atoms with Crippen LogP contribution in [-0.2, 0) is 27.2 Å². The lowest BCUT2D eigenvalue weighted by molar-refractivity contribution is -0.135. The number of benzene rings is 2. The Bertz CT molecular complexity index is 1070. The third kappa shape index (κ3) is 8.87. The third-order valence-electron chi connectivity index (χ3n) is 6.58. The van der Waals surface area contributed by atoms with Gasteiger partial charge in [-0.25, -0.2) is 0 Å². The van der Waals surface area contributed by atoms with E-state index >= 15 is 0 Å². The molecule has 0 aliphatic carbocycles. The zero-order valence-electron chi connectivity index (χ0n) is 23.0. The van der Waals surface area contributed by atoms with E-state index in [4.69, 9.17) is 4.74 Å². The van der Waals surface area contributed by atoms with Crippen molar-refractivity contribution in [3.8, 4) is 5.75 Å². The molecule has 2 aromatic rings. The number of carbonyl (C=O) groups excluding carboxylic acids is 3. The standard InChI is InChI=1S/C30H42N4O4/c1-21(2)19-24-28(36)34-30(3,4)29(37)33-25(20-22-11-6-5-7-12-22)27(35)32-16-10-14-23-13-8-9-15-26(23)38-18-17-31-24/h5-9,11-13,15,21,24-25,31H,10,14,16-20H2,1-4H3,(H,32,35)(H,33,37)(H,34,36)/t24-,25-/m0/s1. The van der Waals surface area contributed by atoms with Gasteiger partial charge in [0.05, 0.1) is 6.04 Å². The maximum Gasteiger partial charge on any atom is 0.245 e. The zero-order valence-corrected chi connectivity index (χ0v) is 23.0. The van der Waals surface area contributed by atoms with E-state index in [1.165, 1.54) is 0 Å². The summed E-state index contributed by atoms with van der Waals surface area (Å²) in [5, 5.41) is 12.1. The molecule has 0 unspecified atom stereocenters. The van der Waals surface area contributed by atoms with Crippen LogP contribution in [0.3, 0.4) is 0 Å². The number of hydrogen-bond acceptors (Lipinski definition) is 5. The van der Waals surface area contributed by atoms with Crippen LogP contribution in [0.15, 0.2) is 54.6 Å². The predicted molar refractivity (Wildman–Crippen MR) is 149 cm³/mol. The fourth-order valence-corrected chi connectivity index (χ4v) is 4.46. The Kier molecular flexibility index (Phi) is 10.7. The second kappa shape index (κ2) is 14.0. The van der Waals surface area contributed by atoms with Crippen molar-refractivity contribution in [2.75, 3.05) is 19.7 Å². The average molecular weight is 523 g/mol. The second-order valence-corrected chi connectivity index (χ2v) is 10.8. The first-order valence-corrected chi connectivity index (χ1v) is 13.5. The highest BCUT2D eigenvalue weighted by Crippen LogP contribution is 2.19. The summed E-state index contributed by atoms with van der Waals surface area (Å²) in [7, 11) is 0. The maximum absolute atomic E-state index is 13.3. The molecule has 0 aromatic heterocycles. The lowest BCUT2D eigenvalue weighted by atomic mass is 9.98. The first kappa shape index (κ1) is 29.2. The summed E-state index contributed by atoms with van der Waals surface area (Å²) >= 11 is 0. The van der Waals surface area contributed by atoms with E-state index in [9.17, 15) is 14.4 Å². The van der Waals surface area contributed by atoms with Gasteiger partial charge in [0.25, 0.3) is 0 Å². The third-order valence-corrected chi connectivity index (χ3v) is 6.58. The Hall–Kier alpha value is -3.39. The highest BCUT2D eigenvalue weighted by Gasteiger charge is 2.35. The molecule has 0 radical (unpaired) electrons. The Morgan fingerprint density at radius 3 is 2.37 bits per heavy atom. The van der Waals surface area contributed by atoms with Crippen molar-refractivity contribution < 1.29 is 19.1 Å². The van der Waals surface area contributed by atoms with Gasteiger partial charge in [-0.15, -0.1) is 0 Å². The zero-order chi connectivity index (χ0) is 27.5. The van der Waals surface area contributed by atoms with Crippen LogP contribution in [0.1, 0.15) is 51.7 Å². The van der Waals surface area contributed by atoms with Crippen LogP contribution in [0.5, 0.6) is 5.75 Å². The number of hydrogen-bond donors (Lipinski definition) is 4. The second-order valence-electron chi connectivity index (χ2n) is 10.8. The molecule has 1 heterocycles. The monoisotopic (exact) mass is 522 g/mol. The first-order chi connectivity index (χ1) is 18.2. The number of para-hydroxylation sites is 1. The molecule has 206 valence electrons. The number of nitrogens with one attached hydrogen (secondary N) is 4. The number of rotatable bonds is 4. The van der Waals surface area contributed by atoms with E-state index in [0.29, 0.717) is 32.5 Å². The number of ether oxygens (including phenoxy) is 1. The minimum absolute atomic E-state index is 0.255. The van der Waals surface area contributed by atoms with Gasteiger partial charge >= 0.3 is 0 Å². The molecule has 0 saturated carbocycles. The van der Waals surface area contributed by atoms with Crippen LogP contribution >= 0.6 is 0 Å². The largest absolute Gasteiger partial charge is 0.492 e. The average Bonchev–Trinajstić information content (AvgIpc) is 2.88. The van der Waals surface area contributed by atoms with Crippen molar-refractivity contribution in [1.82, 2.24) is 21.3 Å². The minimum atomic E-state index is -1.22. The molecule has 1 aliphatic heterocycles. The van der Waals surface area contributed by atoms with Gasteiger partial charge in [-0.3, -0.25) is 14.4 Å². The van der Waals surface area contributed by atoms with Gasteiger partial charge in [0.1, 0.15) is 23.9 Å². The van der Waals surface area contributed by atoms with Gasteiger partial charge in [-0.2, -0.15) is 0 Å². The number of carbonyl (C=O) groups is 3. The van der Waals surface area contributed by atoms with Crippen LogP contribution in [-0.4, -0.2) is 55.0 Å². The molecular formula is C30H42N4O4. The van der Waals surface area contributed by atoms with Crippen molar-refractivity contribution in [2.45, 2.75) is 71.0 Å². The Morgan fingerprint density at radius 1 is 0.921 bits per heavy atom. The van der Waals surface area contributed by atoms with Crippen molar-refractivity contribution in [2.24, 2.45) is 5.92 Å². The predicted octanol–water partition coefficient (Wildman–Crippen LogP) is 2.75. The smallest absolute Gasteiger partial charge is 0.245 e. The molecule has 2 atom stereocenters. The summed E-state index contributed by atoms with van der Waals surface area (Å²) in [6.45, 7) is 8.77. The molecular weight excluding hydrogens is 480 g/mol. The van der Waals surface area contributed by atoms with E-state index in [1.807, 2.05) is 54.6 Å². The van der Waals surface area contributed by atoms with E-state index in [2.05, 4.69) is 35.1 Å². The van der Waals surface area contributed by atoms with Crippen LogP contribution in [0.25, 0.3) is 0 Å². The first-order valence-electron chi connectivity index (χ1n) is 13.5. The van der Waals surface area contributed by atoms with Gasteiger partial charge in [0.2, 0.25) is 17.7 Å². The molecule has 0 saturated heterocycles. The normalized spacial score (nSPS) is 21.7. The lowest BCUT2D eigenvalue weighted by Crippen LogP contribution is -2.61. The summed E-state index contributed by atoms with van der Waals surface area (Å²) in [6, 6.07) is 16.2. The Balaban J connectivity index is 1.84. The molecule has 1 aliphatic rings. The van der Waals surface area contributed by atoms with Gasteiger partial charge in [-0.05, 0) is 56.2 Å². The van der Waals surface area contributed by atoms with Crippen molar-refractivity contribution >= 4 is 17.7 Å². The van der Waals surface area contributed by atoms with Gasteiger partial charge in [0.15, 0.2) is 0 Å². The van der Waals surface area contributed by atoms with E-state index in [-0.39, 0.29) is 17.7 Å². The fourth-order valence-electron chi connectivity index (χ4n) is 4.46. The molecule has 2 aromatic carbocycles. The summed E-state index contributed by atoms with van der Waals surface area (Å²) in [6.07, 6.45) is 2.43. The van der Waals surface area contributed by atoms with E-state index in [0.717, 1.165) is 29.7 Å². The van der Waals surface area contributed by atoms with Gasteiger partial charge in [0, 0.05) is 19.5 Å². The Morgan fingerprint density at radius 2 is 1.63 bits per heavy atom. The molecule has 4 N–H and O–H groups in total. The van der Waals surface area contributed by atoms with E-state index in [1.54, 1.807) is 13.8 Å². The van der Waals surface area contributed by atoms with Crippen molar-refractivity contribution in [1.29, 1.82) is 0 Å². The van der Waals surface area contributed by atoms with Crippen molar-refractivity contribution in [3.05, 3.63) is 65.7 Å². The van der Waals surface area contributed by atoms with E-state index < -0.39 is 23.5 Å². The molecule has 3 rings (SSSR count). The summed E-state index contributed by atoms with van der Waals surface area (Å²) in [5.74, 6) is 0.151. The Labute approximate surface area is 226 Å². The molecule has 0 bridgehead atoms. The molecule has 0 spiro atoms. The lowest BCUT2D eigenvalue weighted by Gasteiger charge is -2.30. The molecule has 38 heavy (non-hydrogen) atoms. The van der Waals surface area contributed by atoms with Crippen LogP contribution < -0.4 is 26.0 Å². The molecule has 3 amide bonds. The summed E-state index contributed by atoms with van der Waals surface area (Å²) in [4.78, 5) is 39.8. The topological polar surface area (TPSA) is 109 Å². The minimum Gasteiger partial charge on any atom is -0.492 e. The fraction of sp³-hybridized carbons (Fsp3) is 0.500. The molecule has 0 fully saturated rings. The van der Waals surface area contributed by atoms with Crippen LogP contribution in [0.2, 0.25) is 0 Å². The molecule has 8 heteroatoms. The quantitative estimate of drug-likeness (QED) is 0.494. The van der Waals surface area contributed by atoms with Crippen molar-refractivity contribution in [3.63, 3.8) is 0 Å². The summed E-state index contributed by atoms with van der Waals surface area (Å²) < 4.78 is 6.04. The molecule has 8 nitrogen and oxygen atoms in total. The number of aryl methyl sites for hydroxylation is 1. The van der Waals surface area contributed by atoms with Crippen LogP contribution in [0, 0.1) is 5.92 Å². The number of amides is 3. The highest BCUT2D eigenvalue weighted by atomic mass is 16.5. The van der Waals surface area contributed by atoms with Gasteiger partial charge < -0.3 is 26.0 Å². The maximum atomic E-state index is 13.3. The number of fused-ring (bicyclic) bond motifs is 1. The van der Waals surface area contributed by atoms with Gasteiger partial charge in [-0.1, -0.05) is 62.4 Å². The van der Waals surface area contributed by atoms with Crippen LogP contribution in [0.4, 0.5) is 0 Å². The summed E-state index contributed by atoms with van der Waals surface area (Å²) in [5.41, 5.74) is 0.781. The highest BCUT2D eigenvalue weighted by molar-refractivity contribution is 5.95. The SMILES string of the molecule is CC(C)C[C@@H]1NCCOc2ccccc2CCCNC(=O)[C@H](Cc2ccccc2)NC(=O)C(C)(C)NC1=O.